The van der Waals surface area contributed by atoms with E-state index in [0.717, 1.165) is 96.3 Å². The number of carbonyl (C=O) groups excluding carboxylic acids is 4. The standard InChI is InChI=1S/C66H128O17P2/c1-6-9-12-15-18-21-23-25-27-29-31-36-41-46-51-65(70)82-61(56-77-64(69)50-45-40-35-30-28-26-24-22-19-16-13-10-7-2)57-80-84(72,73)78-53-60(67)54-79-85(74,75)81-58-62(55-76-63(68)49-44-39-34-20-17-14-11-8-3)83-66(71)52-47-42-37-32-33-38-43-48-59(4)5/h59-62,67H,6-58H2,1-5H3,(H,72,73)(H,74,75)/t60-,61-,62-/m1/s1. The van der Waals surface area contributed by atoms with Crippen molar-refractivity contribution in [2.24, 2.45) is 5.92 Å². The molecule has 0 bridgehead atoms. The zero-order valence-electron chi connectivity index (χ0n) is 54.7. The summed E-state index contributed by atoms with van der Waals surface area (Å²) in [6.45, 7) is 7.13. The average Bonchev–Trinajstić information content (AvgIpc) is 3.49. The summed E-state index contributed by atoms with van der Waals surface area (Å²) in [7, 11) is -9.89. The molecule has 504 valence electrons. The summed E-state index contributed by atoms with van der Waals surface area (Å²) < 4.78 is 68.0. The minimum atomic E-state index is -4.95. The highest BCUT2D eigenvalue weighted by atomic mass is 31.2. The predicted octanol–water partition coefficient (Wildman–Crippen LogP) is 18.6. The fourth-order valence-electron chi connectivity index (χ4n) is 9.94. The minimum Gasteiger partial charge on any atom is -0.462 e. The van der Waals surface area contributed by atoms with Crippen molar-refractivity contribution in [2.45, 2.75) is 355 Å². The molecule has 0 aliphatic rings. The fraction of sp³-hybridized carbons (Fsp3) is 0.939. The topological polar surface area (TPSA) is 237 Å². The molecule has 85 heavy (non-hydrogen) atoms. The summed E-state index contributed by atoms with van der Waals surface area (Å²) in [5, 5.41) is 10.5. The first kappa shape index (κ1) is 83.1. The molecule has 3 N–H and O–H groups in total. The molecule has 0 aliphatic heterocycles. The Bertz CT molecular complexity index is 1650. The molecule has 19 heteroatoms. The number of hydrogen-bond donors (Lipinski definition) is 3. The zero-order chi connectivity index (χ0) is 62.8. The monoisotopic (exact) mass is 1250 g/mol. The van der Waals surface area contributed by atoms with Crippen molar-refractivity contribution in [2.75, 3.05) is 39.6 Å². The second-order valence-corrected chi connectivity index (χ2v) is 27.2. The van der Waals surface area contributed by atoms with Gasteiger partial charge in [-0.1, -0.05) is 285 Å². The predicted molar refractivity (Wildman–Crippen MR) is 340 cm³/mol. The van der Waals surface area contributed by atoms with E-state index >= 15 is 0 Å². The van der Waals surface area contributed by atoms with Gasteiger partial charge in [0.25, 0.3) is 0 Å². The largest absolute Gasteiger partial charge is 0.472 e. The van der Waals surface area contributed by atoms with E-state index in [-0.39, 0.29) is 25.7 Å². The van der Waals surface area contributed by atoms with E-state index in [1.807, 2.05) is 0 Å². The molecular formula is C66H128O17P2. The van der Waals surface area contributed by atoms with Crippen molar-refractivity contribution >= 4 is 39.5 Å². The molecule has 0 aromatic carbocycles. The summed E-state index contributed by atoms with van der Waals surface area (Å²) >= 11 is 0. The third-order valence-corrected chi connectivity index (χ3v) is 17.2. The number of hydrogen-bond acceptors (Lipinski definition) is 15. The normalized spacial score (nSPS) is 14.2. The Morgan fingerprint density at radius 2 is 0.541 bits per heavy atom. The lowest BCUT2D eigenvalue weighted by Crippen LogP contribution is -2.30. The maximum atomic E-state index is 13.0. The van der Waals surface area contributed by atoms with E-state index < -0.39 is 97.5 Å². The van der Waals surface area contributed by atoms with Gasteiger partial charge in [-0.2, -0.15) is 0 Å². The molecule has 0 fully saturated rings. The van der Waals surface area contributed by atoms with Crippen LogP contribution in [0.4, 0.5) is 0 Å². The average molecular weight is 1260 g/mol. The molecule has 0 saturated carbocycles. The van der Waals surface area contributed by atoms with Crippen LogP contribution in [-0.2, 0) is 65.4 Å². The van der Waals surface area contributed by atoms with Gasteiger partial charge in [-0.05, 0) is 31.6 Å². The van der Waals surface area contributed by atoms with Gasteiger partial charge in [-0.15, -0.1) is 0 Å². The molecule has 0 spiro atoms. The van der Waals surface area contributed by atoms with Gasteiger partial charge in [0, 0.05) is 25.7 Å². The summed E-state index contributed by atoms with van der Waals surface area (Å²) in [6.07, 6.45) is 44.5. The van der Waals surface area contributed by atoms with Gasteiger partial charge in [-0.3, -0.25) is 37.3 Å². The first-order chi connectivity index (χ1) is 41.0. The van der Waals surface area contributed by atoms with Crippen LogP contribution in [0.1, 0.15) is 336 Å². The van der Waals surface area contributed by atoms with Crippen molar-refractivity contribution < 1.29 is 80.2 Å². The van der Waals surface area contributed by atoms with E-state index in [0.29, 0.717) is 31.6 Å². The molecule has 0 aromatic heterocycles. The number of carbonyl (C=O) groups is 4. The summed E-state index contributed by atoms with van der Waals surface area (Å²) in [5.74, 6) is -1.44. The maximum absolute atomic E-state index is 13.0. The van der Waals surface area contributed by atoms with Crippen molar-refractivity contribution in [3.05, 3.63) is 0 Å². The van der Waals surface area contributed by atoms with Crippen LogP contribution in [0.25, 0.3) is 0 Å². The number of phosphoric ester groups is 2. The van der Waals surface area contributed by atoms with Crippen LogP contribution in [-0.4, -0.2) is 96.7 Å². The van der Waals surface area contributed by atoms with Gasteiger partial charge in [0.1, 0.15) is 19.3 Å². The van der Waals surface area contributed by atoms with E-state index in [4.69, 9.17) is 37.0 Å². The van der Waals surface area contributed by atoms with Crippen molar-refractivity contribution in [3.63, 3.8) is 0 Å². The summed E-state index contributed by atoms with van der Waals surface area (Å²) in [5.41, 5.74) is 0. The van der Waals surface area contributed by atoms with Gasteiger partial charge >= 0.3 is 39.5 Å². The van der Waals surface area contributed by atoms with E-state index in [1.165, 1.54) is 154 Å². The highest BCUT2D eigenvalue weighted by Gasteiger charge is 2.30. The molecule has 0 amide bonds. The van der Waals surface area contributed by atoms with Gasteiger partial charge in [0.05, 0.1) is 26.4 Å². The quantitative estimate of drug-likeness (QED) is 0.0222. The molecule has 0 aromatic rings. The Kier molecular flexibility index (Phi) is 58.3. The van der Waals surface area contributed by atoms with Gasteiger partial charge in [0.15, 0.2) is 12.2 Å². The van der Waals surface area contributed by atoms with Crippen LogP contribution in [0, 0.1) is 5.92 Å². The van der Waals surface area contributed by atoms with Gasteiger partial charge in [-0.25, -0.2) is 9.13 Å². The number of aliphatic hydroxyl groups excluding tert-OH is 1. The van der Waals surface area contributed by atoms with Crippen LogP contribution < -0.4 is 0 Å². The van der Waals surface area contributed by atoms with Gasteiger partial charge in [0.2, 0.25) is 0 Å². The van der Waals surface area contributed by atoms with E-state index in [2.05, 4.69) is 34.6 Å². The van der Waals surface area contributed by atoms with E-state index in [9.17, 15) is 43.2 Å². The maximum Gasteiger partial charge on any atom is 0.472 e. The molecule has 0 saturated heterocycles. The van der Waals surface area contributed by atoms with Crippen LogP contribution in [0.15, 0.2) is 0 Å². The Hall–Kier alpha value is -1.94. The number of ether oxygens (including phenoxy) is 4. The molecule has 5 atom stereocenters. The van der Waals surface area contributed by atoms with Crippen molar-refractivity contribution in [1.82, 2.24) is 0 Å². The van der Waals surface area contributed by atoms with Crippen LogP contribution >= 0.6 is 15.6 Å². The number of phosphoric acid groups is 2. The first-order valence-corrected chi connectivity index (χ1v) is 37.6. The number of aliphatic hydroxyl groups is 1. The molecule has 0 rings (SSSR count). The minimum absolute atomic E-state index is 0.104. The lowest BCUT2D eigenvalue weighted by molar-refractivity contribution is -0.161. The SMILES string of the molecule is CCCCCCCCCCCCCCCCC(=O)O[C@H](COC(=O)CCCCCCCCCCCCCCC)COP(=O)(O)OC[C@@H](O)COP(=O)(O)OC[C@@H](COC(=O)CCCCCCCCCC)OC(=O)CCCCCCCCCC(C)C. The molecule has 0 heterocycles. The lowest BCUT2D eigenvalue weighted by Gasteiger charge is -2.21. The Morgan fingerprint density at radius 3 is 0.800 bits per heavy atom. The molecule has 0 radical (unpaired) electrons. The van der Waals surface area contributed by atoms with E-state index in [1.54, 1.807) is 0 Å². The van der Waals surface area contributed by atoms with Crippen LogP contribution in [0.3, 0.4) is 0 Å². The summed E-state index contributed by atoms with van der Waals surface area (Å²) in [6, 6.07) is 0. The molecule has 17 nitrogen and oxygen atoms in total. The highest BCUT2D eigenvalue weighted by Crippen LogP contribution is 2.45. The Morgan fingerprint density at radius 1 is 0.318 bits per heavy atom. The first-order valence-electron chi connectivity index (χ1n) is 34.6. The second-order valence-electron chi connectivity index (χ2n) is 24.3. The molecule has 0 aliphatic carbocycles. The van der Waals surface area contributed by atoms with Gasteiger partial charge < -0.3 is 33.8 Å². The van der Waals surface area contributed by atoms with Crippen molar-refractivity contribution in [3.8, 4) is 0 Å². The van der Waals surface area contributed by atoms with Crippen LogP contribution in [0.5, 0.6) is 0 Å². The van der Waals surface area contributed by atoms with Crippen LogP contribution in [0.2, 0.25) is 0 Å². The van der Waals surface area contributed by atoms with Crippen molar-refractivity contribution in [1.29, 1.82) is 0 Å². The third kappa shape index (κ3) is 60.7. The third-order valence-electron chi connectivity index (χ3n) is 15.3. The lowest BCUT2D eigenvalue weighted by atomic mass is 10.0. The number of rotatable bonds is 66. The molecular weight excluding hydrogens is 1130 g/mol. The Labute approximate surface area is 517 Å². The molecule has 2 unspecified atom stereocenters. The Balaban J connectivity index is 5.22. The smallest absolute Gasteiger partial charge is 0.462 e. The zero-order valence-corrected chi connectivity index (χ0v) is 56.5. The number of unbranched alkanes of at least 4 members (excludes halogenated alkanes) is 38. The second kappa shape index (κ2) is 59.7. The fourth-order valence-corrected chi connectivity index (χ4v) is 11.5. The summed E-state index contributed by atoms with van der Waals surface area (Å²) in [4.78, 5) is 72.2. The number of esters is 4. The highest BCUT2D eigenvalue weighted by molar-refractivity contribution is 7.47.